The highest BCUT2D eigenvalue weighted by molar-refractivity contribution is 7.91. The maximum Gasteiger partial charge on any atom is 0.232 e. The van der Waals surface area contributed by atoms with Gasteiger partial charge >= 0.3 is 0 Å². The molecule has 0 aliphatic heterocycles. The first-order valence-electron chi connectivity index (χ1n) is 4.05. The molecule has 13 heavy (non-hydrogen) atoms. The Hall–Kier alpha value is -0.230. The van der Waals surface area contributed by atoms with Crippen molar-refractivity contribution in [2.45, 2.75) is 19.1 Å². The van der Waals surface area contributed by atoms with Crippen LogP contribution in [0.15, 0.2) is 0 Å². The Morgan fingerprint density at radius 3 is 2.46 bits per heavy atom. The molecule has 0 aromatic rings. The highest BCUT2D eigenvalue weighted by Gasteiger charge is 2.10. The summed E-state index contributed by atoms with van der Waals surface area (Å²) >= 11 is 3.90. The fourth-order valence-corrected chi connectivity index (χ4v) is 1.41. The predicted molar refractivity (Wildman–Crippen MR) is 55.8 cm³/mol. The van der Waals surface area contributed by atoms with Crippen molar-refractivity contribution in [3.63, 3.8) is 0 Å². The molecule has 0 aliphatic rings. The Kier molecular flexibility index (Phi) is 5.39. The largest absolute Gasteiger partial charge is 0.354 e. The molecule has 0 fully saturated rings. The van der Waals surface area contributed by atoms with Gasteiger partial charge in [0.15, 0.2) is 9.84 Å². The fraction of sp³-hybridized carbons (Fsp3) is 0.857. The Bertz CT molecular complexity index is 259. The SMILES string of the molecule is CCS(=O)(=O)CCNC(=O)C(C)S. The molecule has 0 saturated heterocycles. The van der Waals surface area contributed by atoms with Crippen molar-refractivity contribution >= 4 is 28.4 Å². The summed E-state index contributed by atoms with van der Waals surface area (Å²) < 4.78 is 22.0. The highest BCUT2D eigenvalue weighted by atomic mass is 32.2. The van der Waals surface area contributed by atoms with Gasteiger partial charge < -0.3 is 5.32 Å². The Morgan fingerprint density at radius 2 is 2.08 bits per heavy atom. The maximum absolute atomic E-state index is 11.0. The third-order valence-corrected chi connectivity index (χ3v) is 3.47. The van der Waals surface area contributed by atoms with Crippen molar-refractivity contribution in [1.29, 1.82) is 0 Å². The number of carbonyl (C=O) groups excluding carboxylic acids is 1. The van der Waals surface area contributed by atoms with E-state index in [4.69, 9.17) is 0 Å². The van der Waals surface area contributed by atoms with Crippen LogP contribution in [0.4, 0.5) is 0 Å². The van der Waals surface area contributed by atoms with Gasteiger partial charge in [0.2, 0.25) is 5.91 Å². The second kappa shape index (κ2) is 5.49. The van der Waals surface area contributed by atoms with Gasteiger partial charge in [-0.05, 0) is 6.92 Å². The molecule has 0 saturated carbocycles. The van der Waals surface area contributed by atoms with Gasteiger partial charge in [0.05, 0.1) is 11.0 Å². The predicted octanol–water partition coefficient (Wildman–Crippen LogP) is -0.144. The van der Waals surface area contributed by atoms with Crippen LogP contribution in [-0.2, 0) is 14.6 Å². The third kappa shape index (κ3) is 5.93. The summed E-state index contributed by atoms with van der Waals surface area (Å²) in [6.45, 7) is 3.38. The van der Waals surface area contributed by atoms with E-state index in [1.54, 1.807) is 13.8 Å². The van der Waals surface area contributed by atoms with E-state index >= 15 is 0 Å². The first kappa shape index (κ1) is 12.8. The summed E-state index contributed by atoms with van der Waals surface area (Å²) in [5.41, 5.74) is 0. The number of thiol groups is 1. The summed E-state index contributed by atoms with van der Waals surface area (Å²) in [7, 11) is -2.98. The van der Waals surface area contributed by atoms with Crippen LogP contribution in [0.25, 0.3) is 0 Å². The van der Waals surface area contributed by atoms with E-state index < -0.39 is 15.1 Å². The van der Waals surface area contributed by atoms with Gasteiger partial charge in [0.25, 0.3) is 0 Å². The van der Waals surface area contributed by atoms with Gasteiger partial charge in [-0.3, -0.25) is 4.79 Å². The zero-order valence-corrected chi connectivity index (χ0v) is 9.49. The number of nitrogens with one attached hydrogen (secondary N) is 1. The molecular weight excluding hydrogens is 210 g/mol. The molecule has 0 rings (SSSR count). The molecule has 6 heteroatoms. The third-order valence-electron chi connectivity index (χ3n) is 1.53. The van der Waals surface area contributed by atoms with Gasteiger partial charge in [-0.2, -0.15) is 12.6 Å². The van der Waals surface area contributed by atoms with E-state index in [1.165, 1.54) is 0 Å². The summed E-state index contributed by atoms with van der Waals surface area (Å²) in [5, 5.41) is 2.08. The van der Waals surface area contributed by atoms with Crippen LogP contribution in [0.5, 0.6) is 0 Å². The van der Waals surface area contributed by atoms with Gasteiger partial charge in [-0.1, -0.05) is 6.92 Å². The fourth-order valence-electron chi connectivity index (χ4n) is 0.622. The average Bonchev–Trinajstić information content (AvgIpc) is 2.04. The van der Waals surface area contributed by atoms with Gasteiger partial charge in [-0.25, -0.2) is 8.42 Å². The van der Waals surface area contributed by atoms with E-state index in [0.717, 1.165) is 0 Å². The minimum Gasteiger partial charge on any atom is -0.354 e. The lowest BCUT2D eigenvalue weighted by Crippen LogP contribution is -2.33. The normalized spacial score (nSPS) is 13.8. The van der Waals surface area contributed by atoms with E-state index in [1.807, 2.05) is 0 Å². The number of rotatable bonds is 5. The van der Waals surface area contributed by atoms with E-state index in [2.05, 4.69) is 17.9 Å². The molecule has 0 bridgehead atoms. The molecule has 0 aromatic carbocycles. The van der Waals surface area contributed by atoms with Crippen LogP contribution in [0, 0.1) is 0 Å². The number of carbonyl (C=O) groups is 1. The molecule has 78 valence electrons. The smallest absolute Gasteiger partial charge is 0.232 e. The topological polar surface area (TPSA) is 63.2 Å². The van der Waals surface area contributed by atoms with Crippen molar-refractivity contribution in [2.24, 2.45) is 0 Å². The van der Waals surface area contributed by atoms with Gasteiger partial charge in [-0.15, -0.1) is 0 Å². The first-order chi connectivity index (χ1) is 5.89. The monoisotopic (exact) mass is 225 g/mol. The molecule has 0 heterocycles. The molecule has 1 N–H and O–H groups in total. The zero-order chi connectivity index (χ0) is 10.5. The van der Waals surface area contributed by atoms with Crippen molar-refractivity contribution < 1.29 is 13.2 Å². The van der Waals surface area contributed by atoms with E-state index in [9.17, 15) is 13.2 Å². The van der Waals surface area contributed by atoms with Crippen LogP contribution in [0.1, 0.15) is 13.8 Å². The first-order valence-corrected chi connectivity index (χ1v) is 6.39. The highest BCUT2D eigenvalue weighted by Crippen LogP contribution is 1.92. The molecule has 0 aliphatic carbocycles. The summed E-state index contributed by atoms with van der Waals surface area (Å²) in [6.07, 6.45) is 0. The number of sulfone groups is 1. The lowest BCUT2D eigenvalue weighted by Gasteiger charge is -2.06. The second-order valence-electron chi connectivity index (χ2n) is 2.70. The van der Waals surface area contributed by atoms with Crippen molar-refractivity contribution in [3.8, 4) is 0 Å². The summed E-state index contributed by atoms with van der Waals surface area (Å²) in [6, 6.07) is 0. The Balaban J connectivity index is 3.76. The minimum absolute atomic E-state index is 0.00423. The second-order valence-corrected chi connectivity index (χ2v) is 5.95. The van der Waals surface area contributed by atoms with Crippen LogP contribution in [0.2, 0.25) is 0 Å². The van der Waals surface area contributed by atoms with Crippen molar-refractivity contribution in [2.75, 3.05) is 18.1 Å². The molecule has 0 spiro atoms. The minimum atomic E-state index is -2.98. The summed E-state index contributed by atoms with van der Waals surface area (Å²) in [5.74, 6) is -0.135. The lowest BCUT2D eigenvalue weighted by molar-refractivity contribution is -0.120. The number of hydrogen-bond donors (Lipinski definition) is 2. The lowest BCUT2D eigenvalue weighted by atomic mass is 10.4. The standard InChI is InChI=1S/C7H15NO3S2/c1-3-13(10,11)5-4-8-7(9)6(2)12/h6,12H,3-5H2,1-2H3,(H,8,9). The quantitative estimate of drug-likeness (QED) is 0.640. The van der Waals surface area contributed by atoms with Crippen LogP contribution in [-0.4, -0.2) is 37.6 Å². The molecule has 1 atom stereocenters. The zero-order valence-electron chi connectivity index (χ0n) is 7.78. The molecular formula is C7H15NO3S2. The molecule has 0 aromatic heterocycles. The molecule has 1 amide bonds. The average molecular weight is 225 g/mol. The van der Waals surface area contributed by atoms with Crippen LogP contribution < -0.4 is 5.32 Å². The van der Waals surface area contributed by atoms with E-state index in [0.29, 0.717) is 0 Å². The Morgan fingerprint density at radius 1 is 1.54 bits per heavy atom. The van der Waals surface area contributed by atoms with Crippen molar-refractivity contribution in [3.05, 3.63) is 0 Å². The van der Waals surface area contributed by atoms with E-state index in [-0.39, 0.29) is 24.0 Å². The maximum atomic E-state index is 11.0. The Labute approximate surface area is 84.4 Å². The molecule has 4 nitrogen and oxygen atoms in total. The molecule has 0 radical (unpaired) electrons. The van der Waals surface area contributed by atoms with Crippen molar-refractivity contribution in [1.82, 2.24) is 5.32 Å². The number of amides is 1. The van der Waals surface area contributed by atoms with Gasteiger partial charge in [0.1, 0.15) is 0 Å². The summed E-state index contributed by atoms with van der Waals surface area (Å²) in [4.78, 5) is 10.9. The van der Waals surface area contributed by atoms with Gasteiger partial charge in [0, 0.05) is 12.3 Å². The van der Waals surface area contributed by atoms with Crippen LogP contribution in [0.3, 0.4) is 0 Å². The van der Waals surface area contributed by atoms with Crippen LogP contribution >= 0.6 is 12.6 Å². The number of hydrogen-bond acceptors (Lipinski definition) is 4. The molecule has 1 unspecified atom stereocenters.